The van der Waals surface area contributed by atoms with E-state index in [1.807, 2.05) is 13.1 Å². The van der Waals surface area contributed by atoms with Gasteiger partial charge in [-0.1, -0.05) is 12.1 Å². The van der Waals surface area contributed by atoms with Crippen molar-refractivity contribution in [3.05, 3.63) is 47.7 Å². The van der Waals surface area contributed by atoms with E-state index < -0.39 is 0 Å². The fourth-order valence-corrected chi connectivity index (χ4v) is 3.48. The molecular formula is C17H21N5. The van der Waals surface area contributed by atoms with Crippen molar-refractivity contribution in [2.24, 2.45) is 0 Å². The van der Waals surface area contributed by atoms with E-state index in [-0.39, 0.29) is 0 Å². The maximum absolute atomic E-state index is 4.52. The van der Waals surface area contributed by atoms with Gasteiger partial charge in [-0.25, -0.2) is 4.98 Å². The number of hydrogen-bond donors (Lipinski definition) is 2. The molecule has 3 aromatic rings. The van der Waals surface area contributed by atoms with Crippen molar-refractivity contribution in [2.75, 3.05) is 13.1 Å². The molecule has 2 N–H and O–H groups in total. The maximum Gasteiger partial charge on any atom is 0.155 e. The third kappa shape index (κ3) is 2.52. The topological polar surface area (TPSA) is 60.6 Å². The summed E-state index contributed by atoms with van der Waals surface area (Å²) in [5.41, 5.74) is 2.61. The molecule has 0 radical (unpaired) electrons. The minimum atomic E-state index is 0.448. The van der Waals surface area contributed by atoms with Gasteiger partial charge in [-0.3, -0.25) is 10.00 Å². The van der Waals surface area contributed by atoms with Gasteiger partial charge in [-0.15, -0.1) is 0 Å². The van der Waals surface area contributed by atoms with Crippen molar-refractivity contribution in [2.45, 2.75) is 32.2 Å². The average Bonchev–Trinajstić information content (AvgIpc) is 3.17. The van der Waals surface area contributed by atoms with E-state index >= 15 is 0 Å². The Morgan fingerprint density at radius 2 is 2.27 bits per heavy atom. The van der Waals surface area contributed by atoms with Crippen LogP contribution in [0.2, 0.25) is 0 Å². The van der Waals surface area contributed by atoms with Gasteiger partial charge in [0.1, 0.15) is 5.82 Å². The van der Waals surface area contributed by atoms with Crippen LogP contribution >= 0.6 is 0 Å². The third-order valence-electron chi connectivity index (χ3n) is 4.56. The molecule has 3 heterocycles. The van der Waals surface area contributed by atoms with Crippen LogP contribution in [0.25, 0.3) is 10.9 Å². The molecule has 1 aromatic carbocycles. The van der Waals surface area contributed by atoms with Gasteiger partial charge >= 0.3 is 0 Å². The lowest BCUT2D eigenvalue weighted by atomic mass is 9.96. The molecule has 22 heavy (non-hydrogen) atoms. The number of hydrogen-bond acceptors (Lipinski definition) is 3. The molecule has 5 nitrogen and oxygen atoms in total. The summed E-state index contributed by atoms with van der Waals surface area (Å²) in [7, 11) is 0. The number of nitrogens with one attached hydrogen (secondary N) is 2. The number of piperidine rings is 1. The average molecular weight is 295 g/mol. The van der Waals surface area contributed by atoms with Gasteiger partial charge in [0, 0.05) is 36.1 Å². The van der Waals surface area contributed by atoms with Crippen LogP contribution in [0.5, 0.6) is 0 Å². The molecule has 2 aromatic heterocycles. The Hall–Kier alpha value is -2.14. The van der Waals surface area contributed by atoms with Crippen LogP contribution < -0.4 is 0 Å². The van der Waals surface area contributed by atoms with Crippen molar-refractivity contribution in [1.29, 1.82) is 0 Å². The van der Waals surface area contributed by atoms with E-state index in [9.17, 15) is 0 Å². The molecule has 0 bridgehead atoms. The van der Waals surface area contributed by atoms with E-state index in [1.54, 1.807) is 0 Å². The van der Waals surface area contributed by atoms with E-state index in [0.717, 1.165) is 31.3 Å². The molecule has 0 saturated carbocycles. The van der Waals surface area contributed by atoms with Crippen LogP contribution in [0.3, 0.4) is 0 Å². The first-order valence-corrected chi connectivity index (χ1v) is 7.96. The van der Waals surface area contributed by atoms with Gasteiger partial charge in [-0.2, -0.15) is 5.10 Å². The van der Waals surface area contributed by atoms with Gasteiger partial charge in [0.25, 0.3) is 0 Å². The monoisotopic (exact) mass is 295 g/mol. The third-order valence-corrected chi connectivity index (χ3v) is 4.56. The Bertz CT molecular complexity index is 772. The first kappa shape index (κ1) is 13.5. The summed E-state index contributed by atoms with van der Waals surface area (Å²) in [6.07, 6.45) is 4.41. The highest BCUT2D eigenvalue weighted by Crippen LogP contribution is 2.27. The Labute approximate surface area is 129 Å². The second kappa shape index (κ2) is 5.57. The molecule has 114 valence electrons. The predicted molar refractivity (Wildman–Crippen MR) is 86.7 cm³/mol. The Balaban J connectivity index is 1.52. The lowest BCUT2D eigenvalue weighted by molar-refractivity contribution is 0.197. The Kier molecular flexibility index (Phi) is 3.42. The number of H-pyrrole nitrogens is 2. The SMILES string of the molecule is Cc1nc([C@@H]2CCCN(Cc3cccc4[nH]ccc34)C2)n[nH]1. The zero-order valence-electron chi connectivity index (χ0n) is 12.8. The molecule has 1 aliphatic heterocycles. The molecule has 0 spiro atoms. The summed E-state index contributed by atoms with van der Waals surface area (Å²) in [5, 5.41) is 8.65. The minimum absolute atomic E-state index is 0.448. The van der Waals surface area contributed by atoms with Gasteiger partial charge < -0.3 is 4.98 Å². The second-order valence-electron chi connectivity index (χ2n) is 6.21. The number of aromatic amines is 2. The summed E-state index contributed by atoms with van der Waals surface area (Å²) in [4.78, 5) is 10.3. The molecule has 0 aliphatic carbocycles. The fourth-order valence-electron chi connectivity index (χ4n) is 3.48. The lowest BCUT2D eigenvalue weighted by Crippen LogP contribution is -2.34. The summed E-state index contributed by atoms with van der Waals surface area (Å²) >= 11 is 0. The van der Waals surface area contributed by atoms with Crippen LogP contribution in [0.1, 0.15) is 36.0 Å². The summed E-state index contributed by atoms with van der Waals surface area (Å²) in [6.45, 7) is 5.15. The van der Waals surface area contributed by atoms with Crippen LogP contribution in [-0.2, 0) is 6.54 Å². The fraction of sp³-hybridized carbons (Fsp3) is 0.412. The zero-order valence-corrected chi connectivity index (χ0v) is 12.8. The second-order valence-corrected chi connectivity index (χ2v) is 6.21. The van der Waals surface area contributed by atoms with Crippen LogP contribution in [-0.4, -0.2) is 38.2 Å². The van der Waals surface area contributed by atoms with Crippen molar-refractivity contribution in [3.8, 4) is 0 Å². The number of aryl methyl sites for hydroxylation is 1. The van der Waals surface area contributed by atoms with E-state index in [0.29, 0.717) is 5.92 Å². The Morgan fingerprint density at radius 1 is 1.32 bits per heavy atom. The number of benzene rings is 1. The quantitative estimate of drug-likeness (QED) is 0.781. The first-order chi connectivity index (χ1) is 10.8. The number of likely N-dealkylation sites (tertiary alicyclic amines) is 1. The maximum atomic E-state index is 4.52. The van der Waals surface area contributed by atoms with Gasteiger partial charge in [0.05, 0.1) is 0 Å². The standard InChI is InChI=1S/C17H21N5/c1-12-19-17(21-20-12)14-5-3-9-22(11-14)10-13-4-2-6-16-15(13)7-8-18-16/h2,4,6-8,14,18H,3,5,9-11H2,1H3,(H,19,20,21)/t14-/m1/s1. The van der Waals surface area contributed by atoms with Crippen molar-refractivity contribution in [1.82, 2.24) is 25.1 Å². The zero-order chi connectivity index (χ0) is 14.9. The molecule has 1 fully saturated rings. The molecule has 5 heteroatoms. The van der Waals surface area contributed by atoms with Crippen LogP contribution in [0.15, 0.2) is 30.5 Å². The van der Waals surface area contributed by atoms with Crippen molar-refractivity contribution >= 4 is 10.9 Å². The van der Waals surface area contributed by atoms with Gasteiger partial charge in [-0.05, 0) is 44.0 Å². The van der Waals surface area contributed by atoms with Gasteiger partial charge in [0.15, 0.2) is 5.82 Å². The molecule has 0 unspecified atom stereocenters. The smallest absolute Gasteiger partial charge is 0.155 e. The predicted octanol–water partition coefficient (Wildman–Crippen LogP) is 2.97. The highest BCUT2D eigenvalue weighted by atomic mass is 15.2. The normalized spacial score (nSPS) is 19.8. The molecular weight excluding hydrogens is 274 g/mol. The largest absolute Gasteiger partial charge is 0.361 e. The van der Waals surface area contributed by atoms with E-state index in [4.69, 9.17) is 0 Å². The van der Waals surface area contributed by atoms with Crippen LogP contribution in [0.4, 0.5) is 0 Å². The molecule has 4 rings (SSSR count). The van der Waals surface area contributed by atoms with Crippen LogP contribution in [0, 0.1) is 6.92 Å². The number of nitrogens with zero attached hydrogens (tertiary/aromatic N) is 3. The number of aromatic nitrogens is 4. The van der Waals surface area contributed by atoms with E-state index in [2.05, 4.69) is 49.3 Å². The molecule has 1 aliphatic rings. The summed E-state index contributed by atoms with van der Waals surface area (Å²) in [5.74, 6) is 2.33. The van der Waals surface area contributed by atoms with E-state index in [1.165, 1.54) is 29.3 Å². The minimum Gasteiger partial charge on any atom is -0.361 e. The Morgan fingerprint density at radius 3 is 3.14 bits per heavy atom. The summed E-state index contributed by atoms with van der Waals surface area (Å²) < 4.78 is 0. The highest BCUT2D eigenvalue weighted by Gasteiger charge is 2.24. The molecule has 1 saturated heterocycles. The highest BCUT2D eigenvalue weighted by molar-refractivity contribution is 5.82. The summed E-state index contributed by atoms with van der Waals surface area (Å²) in [6, 6.07) is 8.67. The molecule has 1 atom stereocenters. The lowest BCUT2D eigenvalue weighted by Gasteiger charge is -2.31. The van der Waals surface area contributed by atoms with Crippen molar-refractivity contribution in [3.63, 3.8) is 0 Å². The molecule has 0 amide bonds. The number of fused-ring (bicyclic) bond motifs is 1. The number of rotatable bonds is 3. The first-order valence-electron chi connectivity index (χ1n) is 7.96. The van der Waals surface area contributed by atoms with Crippen molar-refractivity contribution < 1.29 is 0 Å². The van der Waals surface area contributed by atoms with Gasteiger partial charge in [0.2, 0.25) is 0 Å².